The number of rotatable bonds is 7. The zero-order valence-corrected chi connectivity index (χ0v) is 16.0. The number of nitrogens with zero attached hydrogens (tertiary/aromatic N) is 2. The van der Waals surface area contributed by atoms with Gasteiger partial charge in [-0.1, -0.05) is 0 Å². The molecule has 132 valence electrons. The molecule has 7 heteroatoms. The zero-order valence-electron chi connectivity index (χ0n) is 14.4. The highest BCUT2D eigenvalue weighted by molar-refractivity contribution is 7.99. The number of thiophene rings is 1. The number of aromatic nitrogens is 2. The Bertz CT molecular complexity index is 849. The normalized spacial score (nSPS) is 12.3. The molecule has 1 atom stereocenters. The van der Waals surface area contributed by atoms with Crippen molar-refractivity contribution in [1.29, 1.82) is 0 Å². The fourth-order valence-corrected chi connectivity index (χ4v) is 4.37. The van der Waals surface area contributed by atoms with Gasteiger partial charge in [0.15, 0.2) is 0 Å². The van der Waals surface area contributed by atoms with Crippen LogP contribution < -0.4 is 9.47 Å². The number of aliphatic hydroxyl groups is 1. The molecule has 25 heavy (non-hydrogen) atoms. The van der Waals surface area contributed by atoms with E-state index in [1.807, 2.05) is 24.3 Å². The fourth-order valence-electron chi connectivity index (χ4n) is 2.35. The van der Waals surface area contributed by atoms with E-state index in [9.17, 15) is 5.11 Å². The number of hydrogen-bond acceptors (Lipinski definition) is 7. The molecule has 0 aliphatic rings. The molecular formula is C18H20N2O3S2. The number of hydrogen-bond donors (Lipinski definition) is 1. The van der Waals surface area contributed by atoms with Crippen LogP contribution in [-0.4, -0.2) is 40.6 Å². The SMILES string of the molecule is COc1ccc(OCC(O)CSc2ncnc3sc(C)c(C)c23)cc1. The number of aliphatic hydroxyl groups excluding tert-OH is 1. The van der Waals surface area contributed by atoms with Gasteiger partial charge in [0.1, 0.15) is 34.3 Å². The van der Waals surface area contributed by atoms with E-state index in [1.54, 1.807) is 24.8 Å². The van der Waals surface area contributed by atoms with E-state index in [-0.39, 0.29) is 6.61 Å². The van der Waals surface area contributed by atoms with Crippen LogP contribution in [0, 0.1) is 13.8 Å². The molecule has 0 bridgehead atoms. The third-order valence-corrected chi connectivity index (χ3v) is 6.09. The summed E-state index contributed by atoms with van der Waals surface area (Å²) < 4.78 is 10.7. The van der Waals surface area contributed by atoms with Crippen molar-refractivity contribution in [2.75, 3.05) is 19.5 Å². The first-order valence-corrected chi connectivity index (χ1v) is 9.67. The predicted molar refractivity (Wildman–Crippen MR) is 102 cm³/mol. The third kappa shape index (κ3) is 4.23. The fraction of sp³-hybridized carbons (Fsp3) is 0.333. The van der Waals surface area contributed by atoms with Crippen LogP contribution in [0.5, 0.6) is 11.5 Å². The molecule has 0 amide bonds. The standard InChI is InChI=1S/C18H20N2O3S2/c1-11-12(2)25-18-16(11)17(19-10-20-18)24-9-13(21)8-23-15-6-4-14(22-3)5-7-15/h4-7,10,13,21H,8-9H2,1-3H3. The summed E-state index contributed by atoms with van der Waals surface area (Å²) in [7, 11) is 1.62. The van der Waals surface area contributed by atoms with Crippen molar-refractivity contribution < 1.29 is 14.6 Å². The molecule has 2 heterocycles. The Morgan fingerprint density at radius 3 is 2.60 bits per heavy atom. The monoisotopic (exact) mass is 376 g/mol. The lowest BCUT2D eigenvalue weighted by Crippen LogP contribution is -2.20. The maximum Gasteiger partial charge on any atom is 0.128 e. The minimum Gasteiger partial charge on any atom is -0.497 e. The highest BCUT2D eigenvalue weighted by Gasteiger charge is 2.14. The van der Waals surface area contributed by atoms with Gasteiger partial charge in [0.05, 0.1) is 13.2 Å². The maximum atomic E-state index is 10.2. The van der Waals surface area contributed by atoms with Crippen LogP contribution in [0.25, 0.3) is 10.2 Å². The molecule has 0 saturated carbocycles. The quantitative estimate of drug-likeness (QED) is 0.499. The molecule has 0 spiro atoms. The number of benzene rings is 1. The zero-order chi connectivity index (χ0) is 17.8. The average Bonchev–Trinajstić information content (AvgIpc) is 2.93. The predicted octanol–water partition coefficient (Wildman–Crippen LogP) is 3.85. The van der Waals surface area contributed by atoms with Crippen molar-refractivity contribution >= 4 is 33.3 Å². The number of methoxy groups -OCH3 is 1. The summed E-state index contributed by atoms with van der Waals surface area (Å²) in [5.41, 5.74) is 1.21. The highest BCUT2D eigenvalue weighted by Crippen LogP contribution is 2.34. The van der Waals surface area contributed by atoms with E-state index in [0.717, 1.165) is 21.0 Å². The summed E-state index contributed by atoms with van der Waals surface area (Å²) in [5.74, 6) is 1.99. The molecular weight excluding hydrogens is 356 g/mol. The molecule has 2 aromatic heterocycles. The molecule has 0 aliphatic heterocycles. The third-order valence-electron chi connectivity index (χ3n) is 3.84. The highest BCUT2D eigenvalue weighted by atomic mass is 32.2. The topological polar surface area (TPSA) is 64.5 Å². The largest absolute Gasteiger partial charge is 0.497 e. The van der Waals surface area contributed by atoms with Crippen LogP contribution in [0.2, 0.25) is 0 Å². The van der Waals surface area contributed by atoms with Gasteiger partial charge in [0.25, 0.3) is 0 Å². The van der Waals surface area contributed by atoms with Crippen molar-refractivity contribution in [3.8, 4) is 11.5 Å². The van der Waals surface area contributed by atoms with Gasteiger partial charge in [-0.2, -0.15) is 0 Å². The van der Waals surface area contributed by atoms with Gasteiger partial charge >= 0.3 is 0 Å². The molecule has 0 saturated heterocycles. The maximum absolute atomic E-state index is 10.2. The van der Waals surface area contributed by atoms with E-state index < -0.39 is 6.10 Å². The molecule has 3 aromatic rings. The first kappa shape index (κ1) is 18.0. The first-order valence-electron chi connectivity index (χ1n) is 7.87. The Balaban J connectivity index is 1.58. The molecule has 1 N–H and O–H groups in total. The Morgan fingerprint density at radius 1 is 1.16 bits per heavy atom. The van der Waals surface area contributed by atoms with Crippen molar-refractivity contribution in [1.82, 2.24) is 9.97 Å². The van der Waals surface area contributed by atoms with Crippen LogP contribution >= 0.6 is 23.1 Å². The van der Waals surface area contributed by atoms with E-state index in [2.05, 4.69) is 23.8 Å². The van der Waals surface area contributed by atoms with E-state index in [4.69, 9.17) is 9.47 Å². The molecule has 1 unspecified atom stereocenters. The van der Waals surface area contributed by atoms with Crippen molar-refractivity contribution in [2.45, 2.75) is 25.0 Å². The van der Waals surface area contributed by atoms with Crippen LogP contribution in [-0.2, 0) is 0 Å². The Kier molecular flexibility index (Phi) is 5.78. The van der Waals surface area contributed by atoms with Gasteiger partial charge < -0.3 is 14.6 Å². The van der Waals surface area contributed by atoms with E-state index in [0.29, 0.717) is 11.5 Å². The summed E-state index contributed by atoms with van der Waals surface area (Å²) in [5, 5.41) is 12.2. The number of thioether (sulfide) groups is 1. The first-order chi connectivity index (χ1) is 12.1. The van der Waals surface area contributed by atoms with Crippen LogP contribution in [0.3, 0.4) is 0 Å². The van der Waals surface area contributed by atoms with E-state index in [1.165, 1.54) is 22.2 Å². The van der Waals surface area contributed by atoms with Crippen LogP contribution in [0.15, 0.2) is 35.6 Å². The molecule has 1 aromatic carbocycles. The summed E-state index contributed by atoms with van der Waals surface area (Å²) >= 11 is 3.21. The Morgan fingerprint density at radius 2 is 1.88 bits per heavy atom. The van der Waals surface area contributed by atoms with Gasteiger partial charge in [-0.3, -0.25) is 0 Å². The van der Waals surface area contributed by atoms with Crippen molar-refractivity contribution in [3.63, 3.8) is 0 Å². The average molecular weight is 377 g/mol. The Hall–Kier alpha value is -1.83. The lowest BCUT2D eigenvalue weighted by molar-refractivity contribution is 0.126. The summed E-state index contributed by atoms with van der Waals surface area (Å²) in [6.45, 7) is 4.41. The van der Waals surface area contributed by atoms with E-state index >= 15 is 0 Å². The second-order valence-corrected chi connectivity index (χ2v) is 7.81. The van der Waals surface area contributed by atoms with Gasteiger partial charge in [0.2, 0.25) is 0 Å². The minimum atomic E-state index is -0.586. The number of aryl methyl sites for hydroxylation is 2. The van der Waals surface area contributed by atoms with Gasteiger partial charge in [0, 0.05) is 16.0 Å². The van der Waals surface area contributed by atoms with Gasteiger partial charge in [-0.15, -0.1) is 23.1 Å². The summed E-state index contributed by atoms with van der Waals surface area (Å²) in [6.07, 6.45) is 0.998. The van der Waals surface area contributed by atoms with Crippen LogP contribution in [0.1, 0.15) is 10.4 Å². The molecule has 3 rings (SSSR count). The smallest absolute Gasteiger partial charge is 0.128 e. The second-order valence-electron chi connectivity index (χ2n) is 5.59. The van der Waals surface area contributed by atoms with Crippen molar-refractivity contribution in [2.24, 2.45) is 0 Å². The second kappa shape index (κ2) is 8.03. The summed E-state index contributed by atoms with van der Waals surface area (Å²) in [4.78, 5) is 11.0. The molecule has 0 aliphatic carbocycles. The molecule has 5 nitrogen and oxygen atoms in total. The van der Waals surface area contributed by atoms with Crippen molar-refractivity contribution in [3.05, 3.63) is 41.0 Å². The lowest BCUT2D eigenvalue weighted by atomic mass is 10.2. The van der Waals surface area contributed by atoms with Gasteiger partial charge in [-0.05, 0) is 43.7 Å². The van der Waals surface area contributed by atoms with Gasteiger partial charge in [-0.25, -0.2) is 9.97 Å². The number of ether oxygens (including phenoxy) is 2. The summed E-state index contributed by atoms with van der Waals surface area (Å²) in [6, 6.07) is 7.31. The molecule has 0 radical (unpaired) electrons. The minimum absolute atomic E-state index is 0.231. The van der Waals surface area contributed by atoms with Crippen LogP contribution in [0.4, 0.5) is 0 Å². The molecule has 0 fully saturated rings. The number of fused-ring (bicyclic) bond motifs is 1. The Labute approximate surface area is 155 Å². The lowest BCUT2D eigenvalue weighted by Gasteiger charge is -2.12.